The third kappa shape index (κ3) is 4.47. The summed E-state index contributed by atoms with van der Waals surface area (Å²) in [4.78, 5) is 34.3. The van der Waals surface area contributed by atoms with Gasteiger partial charge in [-0.05, 0) is 30.5 Å². The monoisotopic (exact) mass is 432 g/mol. The molecule has 1 saturated carbocycles. The minimum atomic E-state index is 0.0371. The number of para-hydroxylation sites is 1. The van der Waals surface area contributed by atoms with Crippen molar-refractivity contribution in [3.05, 3.63) is 54.4 Å². The van der Waals surface area contributed by atoms with Crippen molar-refractivity contribution >= 4 is 28.4 Å². The van der Waals surface area contributed by atoms with Crippen molar-refractivity contribution < 1.29 is 14.3 Å². The highest BCUT2D eigenvalue weighted by molar-refractivity contribution is 5.92. The maximum atomic E-state index is 12.8. The third-order valence-electron chi connectivity index (χ3n) is 6.58. The maximum Gasteiger partial charge on any atom is 0.227 e. The number of nitrogens with zero attached hydrogens (tertiary/aromatic N) is 2. The summed E-state index contributed by atoms with van der Waals surface area (Å²) >= 11 is 0. The molecule has 3 aromatic rings. The van der Waals surface area contributed by atoms with Gasteiger partial charge in [0.05, 0.1) is 18.3 Å². The van der Waals surface area contributed by atoms with Crippen LogP contribution < -0.4 is 10.1 Å². The molecule has 1 aromatic carbocycles. The first-order valence-corrected chi connectivity index (χ1v) is 11.4. The largest absolute Gasteiger partial charge is 0.474 e. The Hall–Kier alpha value is -3.35. The summed E-state index contributed by atoms with van der Waals surface area (Å²) in [6.45, 7) is 1.36. The summed E-state index contributed by atoms with van der Waals surface area (Å²) in [5, 5.41) is 4.03. The van der Waals surface area contributed by atoms with Gasteiger partial charge < -0.3 is 19.9 Å². The van der Waals surface area contributed by atoms with Gasteiger partial charge in [-0.2, -0.15) is 0 Å². The van der Waals surface area contributed by atoms with Gasteiger partial charge in [0, 0.05) is 55.0 Å². The van der Waals surface area contributed by atoms with Crippen LogP contribution in [0.2, 0.25) is 0 Å². The lowest BCUT2D eigenvalue weighted by atomic mass is 9.85. The van der Waals surface area contributed by atoms with Gasteiger partial charge in [0.25, 0.3) is 0 Å². The molecule has 2 fully saturated rings. The lowest BCUT2D eigenvalue weighted by molar-refractivity contribution is -0.132. The fourth-order valence-electron chi connectivity index (χ4n) is 4.39. The molecule has 1 aliphatic heterocycles. The number of carbonyl (C=O) groups is 2. The summed E-state index contributed by atoms with van der Waals surface area (Å²) < 4.78 is 6.02. The fourth-order valence-corrected chi connectivity index (χ4v) is 4.39. The van der Waals surface area contributed by atoms with E-state index in [1.807, 2.05) is 41.4 Å². The molecule has 2 aromatic heterocycles. The molecule has 7 heteroatoms. The number of carbonyl (C=O) groups excluding carboxylic acids is 2. The molecule has 1 saturated heterocycles. The number of rotatable bonds is 6. The highest BCUT2D eigenvalue weighted by Crippen LogP contribution is 2.28. The molecular formula is C25H28N4O3. The van der Waals surface area contributed by atoms with Crippen LogP contribution in [0.25, 0.3) is 10.9 Å². The second-order valence-electron chi connectivity index (χ2n) is 8.74. The smallest absolute Gasteiger partial charge is 0.227 e. The van der Waals surface area contributed by atoms with Crippen LogP contribution in [0.3, 0.4) is 0 Å². The normalized spacial score (nSPS) is 17.2. The molecule has 0 bridgehead atoms. The van der Waals surface area contributed by atoms with E-state index in [0.29, 0.717) is 31.1 Å². The lowest BCUT2D eigenvalue weighted by Crippen LogP contribution is -2.42. The number of piperidine rings is 1. The Labute approximate surface area is 187 Å². The number of nitrogens with one attached hydrogen (secondary N) is 2. The summed E-state index contributed by atoms with van der Waals surface area (Å²) in [6, 6.07) is 11.7. The lowest BCUT2D eigenvalue weighted by Gasteiger charge is -2.32. The van der Waals surface area contributed by atoms with Gasteiger partial charge in [0.1, 0.15) is 6.10 Å². The Balaban J connectivity index is 1.10. The predicted molar refractivity (Wildman–Crippen MR) is 122 cm³/mol. The summed E-state index contributed by atoms with van der Waals surface area (Å²) in [5.41, 5.74) is 2.80. The number of hydrogen-bond acceptors (Lipinski definition) is 4. The van der Waals surface area contributed by atoms with Crippen LogP contribution in [-0.4, -0.2) is 45.9 Å². The van der Waals surface area contributed by atoms with E-state index in [1.54, 1.807) is 12.3 Å². The van der Waals surface area contributed by atoms with Crippen molar-refractivity contribution in [2.45, 2.75) is 44.6 Å². The van der Waals surface area contributed by atoms with Crippen molar-refractivity contribution in [3.8, 4) is 5.88 Å². The summed E-state index contributed by atoms with van der Waals surface area (Å²) in [6.07, 6.45) is 8.67. The summed E-state index contributed by atoms with van der Waals surface area (Å²) in [7, 11) is 0. The standard InChI is InChI=1S/C25H28N4O3/c30-24(14-18-15-26-22-7-2-1-6-21(18)22)29-12-10-20(11-13-29)32-23-9-8-19(16-27-23)28-25(31)17-4-3-5-17/h1-2,6-9,15-17,20,26H,3-5,10-14H2,(H,28,31). The minimum Gasteiger partial charge on any atom is -0.474 e. The average Bonchev–Trinajstić information content (AvgIpc) is 3.17. The van der Waals surface area contributed by atoms with Gasteiger partial charge in [0.15, 0.2) is 0 Å². The number of hydrogen-bond donors (Lipinski definition) is 2. The Morgan fingerprint density at radius 2 is 1.91 bits per heavy atom. The van der Waals surface area contributed by atoms with E-state index in [-0.39, 0.29) is 23.8 Å². The van der Waals surface area contributed by atoms with Crippen LogP contribution in [0.5, 0.6) is 5.88 Å². The van der Waals surface area contributed by atoms with Crippen LogP contribution in [0.15, 0.2) is 48.8 Å². The number of fused-ring (bicyclic) bond motifs is 1. The van der Waals surface area contributed by atoms with Crippen molar-refractivity contribution in [1.29, 1.82) is 0 Å². The van der Waals surface area contributed by atoms with E-state index in [4.69, 9.17) is 4.74 Å². The number of benzene rings is 1. The Morgan fingerprint density at radius 1 is 1.09 bits per heavy atom. The molecule has 7 nitrogen and oxygen atoms in total. The second-order valence-corrected chi connectivity index (χ2v) is 8.74. The van der Waals surface area contributed by atoms with Crippen molar-refractivity contribution in [2.24, 2.45) is 5.92 Å². The molecule has 3 heterocycles. The van der Waals surface area contributed by atoms with Gasteiger partial charge in [-0.25, -0.2) is 4.98 Å². The Morgan fingerprint density at radius 3 is 2.62 bits per heavy atom. The highest BCUT2D eigenvalue weighted by Gasteiger charge is 2.26. The second kappa shape index (κ2) is 9.02. The average molecular weight is 433 g/mol. The van der Waals surface area contributed by atoms with Crippen LogP contribution >= 0.6 is 0 Å². The molecule has 2 aliphatic rings. The van der Waals surface area contributed by atoms with Gasteiger partial charge in [-0.3, -0.25) is 9.59 Å². The molecule has 5 rings (SSSR count). The first-order chi connectivity index (χ1) is 15.7. The quantitative estimate of drug-likeness (QED) is 0.618. The zero-order chi connectivity index (χ0) is 21.9. The van der Waals surface area contributed by atoms with Gasteiger partial charge in [-0.15, -0.1) is 0 Å². The topological polar surface area (TPSA) is 87.3 Å². The molecular weight excluding hydrogens is 404 g/mol. The first-order valence-electron chi connectivity index (χ1n) is 11.4. The van der Waals surface area contributed by atoms with E-state index in [9.17, 15) is 9.59 Å². The maximum absolute atomic E-state index is 12.8. The number of ether oxygens (including phenoxy) is 1. The predicted octanol–water partition coefficient (Wildman–Crippen LogP) is 3.91. The van der Waals surface area contributed by atoms with Gasteiger partial charge in [-0.1, -0.05) is 24.6 Å². The fraction of sp³-hybridized carbons (Fsp3) is 0.400. The number of aromatic amines is 1. The molecule has 166 valence electrons. The third-order valence-corrected chi connectivity index (χ3v) is 6.58. The number of likely N-dealkylation sites (tertiary alicyclic amines) is 1. The minimum absolute atomic E-state index is 0.0371. The molecule has 2 N–H and O–H groups in total. The number of amides is 2. The van der Waals surface area contributed by atoms with E-state index in [1.165, 1.54) is 0 Å². The van der Waals surface area contributed by atoms with E-state index >= 15 is 0 Å². The van der Waals surface area contributed by atoms with Crippen LogP contribution in [-0.2, 0) is 16.0 Å². The molecule has 0 radical (unpaired) electrons. The van der Waals surface area contributed by atoms with E-state index < -0.39 is 0 Å². The molecule has 0 spiro atoms. The van der Waals surface area contributed by atoms with Gasteiger partial charge >= 0.3 is 0 Å². The summed E-state index contributed by atoms with van der Waals surface area (Å²) in [5.74, 6) is 0.930. The SMILES string of the molecule is O=C(Nc1ccc(OC2CCN(C(=O)Cc3c[nH]c4ccccc34)CC2)nc1)C1CCC1. The molecule has 2 amide bonds. The molecule has 32 heavy (non-hydrogen) atoms. The molecule has 0 unspecified atom stereocenters. The zero-order valence-corrected chi connectivity index (χ0v) is 18.0. The molecule has 0 atom stereocenters. The molecule has 1 aliphatic carbocycles. The van der Waals surface area contributed by atoms with Crippen molar-refractivity contribution in [3.63, 3.8) is 0 Å². The van der Waals surface area contributed by atoms with Crippen LogP contribution in [0, 0.1) is 5.92 Å². The van der Waals surface area contributed by atoms with Crippen LogP contribution in [0.4, 0.5) is 5.69 Å². The first kappa shape index (κ1) is 20.5. The van der Waals surface area contributed by atoms with Crippen molar-refractivity contribution in [2.75, 3.05) is 18.4 Å². The van der Waals surface area contributed by atoms with E-state index in [0.717, 1.165) is 48.6 Å². The van der Waals surface area contributed by atoms with E-state index in [2.05, 4.69) is 15.3 Å². The number of H-pyrrole nitrogens is 1. The Bertz CT molecular complexity index is 1100. The Kier molecular flexibility index (Phi) is 5.79. The number of anilines is 1. The highest BCUT2D eigenvalue weighted by atomic mass is 16.5. The van der Waals surface area contributed by atoms with Crippen LogP contribution in [0.1, 0.15) is 37.7 Å². The number of aromatic nitrogens is 2. The van der Waals surface area contributed by atoms with Crippen molar-refractivity contribution in [1.82, 2.24) is 14.9 Å². The number of pyridine rings is 1. The zero-order valence-electron chi connectivity index (χ0n) is 18.0. The van der Waals surface area contributed by atoms with Gasteiger partial charge in [0.2, 0.25) is 17.7 Å².